The molecule has 1 unspecified atom stereocenters. The lowest BCUT2D eigenvalue weighted by Gasteiger charge is -2.16. The zero-order chi connectivity index (χ0) is 11.5. The first kappa shape index (κ1) is 10.9. The molecular weight excluding hydrogens is 202 g/mol. The van der Waals surface area contributed by atoms with E-state index in [0.717, 1.165) is 5.69 Å². The maximum atomic E-state index is 11.8. The van der Waals surface area contributed by atoms with Gasteiger partial charge in [-0.2, -0.15) is 0 Å². The molecule has 84 valence electrons. The molecule has 0 saturated carbocycles. The molecule has 3 heteroatoms. The number of para-hydroxylation sites is 1. The van der Waals surface area contributed by atoms with Crippen LogP contribution in [0.5, 0.6) is 0 Å². The zero-order valence-electron chi connectivity index (χ0n) is 9.35. The fourth-order valence-electron chi connectivity index (χ4n) is 2.07. The first-order valence-electron chi connectivity index (χ1n) is 5.60. The zero-order valence-corrected chi connectivity index (χ0v) is 9.35. The van der Waals surface area contributed by atoms with Crippen molar-refractivity contribution in [3.05, 3.63) is 30.3 Å². The summed E-state index contributed by atoms with van der Waals surface area (Å²) in [5.41, 5.74) is 0.888. The summed E-state index contributed by atoms with van der Waals surface area (Å²) in [6.45, 7) is 2.38. The second kappa shape index (κ2) is 4.47. The van der Waals surface area contributed by atoms with Gasteiger partial charge < -0.3 is 4.90 Å². The third kappa shape index (κ3) is 1.98. The number of anilines is 1. The lowest BCUT2D eigenvalue weighted by atomic mass is 10.0. The molecule has 0 bridgehead atoms. The van der Waals surface area contributed by atoms with Gasteiger partial charge in [-0.05, 0) is 12.1 Å². The smallest absolute Gasteiger partial charge is 0.227 e. The minimum atomic E-state index is -0.113. The highest BCUT2D eigenvalue weighted by atomic mass is 16.2. The fraction of sp³-hybridized carbons (Fsp3) is 0.385. The van der Waals surface area contributed by atoms with Gasteiger partial charge in [-0.1, -0.05) is 25.1 Å². The molecule has 1 aliphatic rings. The van der Waals surface area contributed by atoms with Crippen molar-refractivity contribution in [1.82, 2.24) is 0 Å². The monoisotopic (exact) mass is 217 g/mol. The molecule has 0 aliphatic carbocycles. The summed E-state index contributed by atoms with van der Waals surface area (Å²) in [4.78, 5) is 25.0. The Balaban J connectivity index is 2.14. The molecular formula is C13H15NO2. The average molecular weight is 217 g/mol. The van der Waals surface area contributed by atoms with E-state index in [-0.39, 0.29) is 17.6 Å². The summed E-state index contributed by atoms with van der Waals surface area (Å²) < 4.78 is 0. The van der Waals surface area contributed by atoms with E-state index in [0.29, 0.717) is 19.4 Å². The molecule has 1 fully saturated rings. The third-order valence-corrected chi connectivity index (χ3v) is 3.00. The standard InChI is InChI=1S/C13H15NO2/c1-2-12(15)10-8-13(16)14(9-10)11-6-4-3-5-7-11/h3-7,10H,2,8-9H2,1H3. The highest BCUT2D eigenvalue weighted by Crippen LogP contribution is 2.25. The first-order chi connectivity index (χ1) is 7.72. The maximum Gasteiger partial charge on any atom is 0.227 e. The predicted molar refractivity (Wildman–Crippen MR) is 62.2 cm³/mol. The molecule has 1 aromatic rings. The van der Waals surface area contributed by atoms with Crippen LogP contribution in [0.4, 0.5) is 5.69 Å². The van der Waals surface area contributed by atoms with E-state index in [1.807, 2.05) is 37.3 Å². The SMILES string of the molecule is CCC(=O)C1CC(=O)N(c2ccccc2)C1. The van der Waals surface area contributed by atoms with Gasteiger partial charge in [0.2, 0.25) is 5.91 Å². The second-order valence-corrected chi connectivity index (χ2v) is 4.06. The van der Waals surface area contributed by atoms with Crippen LogP contribution in [-0.2, 0) is 9.59 Å². The largest absolute Gasteiger partial charge is 0.312 e. The lowest BCUT2D eigenvalue weighted by Crippen LogP contribution is -2.25. The van der Waals surface area contributed by atoms with E-state index in [9.17, 15) is 9.59 Å². The summed E-state index contributed by atoms with van der Waals surface area (Å²) >= 11 is 0. The van der Waals surface area contributed by atoms with Gasteiger partial charge in [0.1, 0.15) is 5.78 Å². The van der Waals surface area contributed by atoms with Crippen molar-refractivity contribution < 1.29 is 9.59 Å². The summed E-state index contributed by atoms with van der Waals surface area (Å²) in [5.74, 6) is 0.127. The maximum absolute atomic E-state index is 11.8. The van der Waals surface area contributed by atoms with Crippen molar-refractivity contribution in [3.8, 4) is 0 Å². The van der Waals surface area contributed by atoms with Crippen molar-refractivity contribution >= 4 is 17.4 Å². The molecule has 1 saturated heterocycles. The Morgan fingerprint density at radius 3 is 2.69 bits per heavy atom. The van der Waals surface area contributed by atoms with Crippen molar-refractivity contribution in [1.29, 1.82) is 0 Å². The quantitative estimate of drug-likeness (QED) is 0.776. The third-order valence-electron chi connectivity index (χ3n) is 3.00. The number of hydrogen-bond acceptors (Lipinski definition) is 2. The van der Waals surface area contributed by atoms with Gasteiger partial charge in [0, 0.05) is 31.0 Å². The molecule has 0 N–H and O–H groups in total. The Kier molecular flexibility index (Phi) is 3.04. The van der Waals surface area contributed by atoms with Gasteiger partial charge in [0.05, 0.1) is 0 Å². The van der Waals surface area contributed by atoms with E-state index < -0.39 is 0 Å². The van der Waals surface area contributed by atoms with Crippen LogP contribution in [0.1, 0.15) is 19.8 Å². The molecule has 1 heterocycles. The Bertz CT molecular complexity index is 400. The van der Waals surface area contributed by atoms with Gasteiger partial charge in [-0.25, -0.2) is 0 Å². The molecule has 1 amide bonds. The number of carbonyl (C=O) groups is 2. The van der Waals surface area contributed by atoms with Crippen LogP contribution in [0.25, 0.3) is 0 Å². The van der Waals surface area contributed by atoms with E-state index in [1.54, 1.807) is 4.90 Å². The Labute approximate surface area is 95.1 Å². The number of amides is 1. The van der Waals surface area contributed by atoms with Gasteiger partial charge in [-0.3, -0.25) is 9.59 Å². The molecule has 3 nitrogen and oxygen atoms in total. The van der Waals surface area contributed by atoms with E-state index in [4.69, 9.17) is 0 Å². The average Bonchev–Trinajstić information content (AvgIpc) is 2.71. The molecule has 0 spiro atoms. The molecule has 0 radical (unpaired) electrons. The Morgan fingerprint density at radius 2 is 2.06 bits per heavy atom. The lowest BCUT2D eigenvalue weighted by molar-refractivity contribution is -0.124. The van der Waals surface area contributed by atoms with Crippen LogP contribution >= 0.6 is 0 Å². The van der Waals surface area contributed by atoms with Gasteiger partial charge in [0.25, 0.3) is 0 Å². The molecule has 2 rings (SSSR count). The van der Waals surface area contributed by atoms with Crippen LogP contribution in [-0.4, -0.2) is 18.2 Å². The minimum Gasteiger partial charge on any atom is -0.312 e. The normalized spacial score (nSPS) is 20.2. The van der Waals surface area contributed by atoms with E-state index in [2.05, 4.69) is 0 Å². The van der Waals surface area contributed by atoms with Crippen LogP contribution < -0.4 is 4.90 Å². The number of benzene rings is 1. The molecule has 1 atom stereocenters. The summed E-state index contributed by atoms with van der Waals surface area (Å²) in [6, 6.07) is 9.52. The number of rotatable bonds is 3. The number of hydrogen-bond donors (Lipinski definition) is 0. The number of carbonyl (C=O) groups excluding carboxylic acids is 2. The van der Waals surface area contributed by atoms with Crippen LogP contribution in [0.2, 0.25) is 0 Å². The van der Waals surface area contributed by atoms with Crippen molar-refractivity contribution in [2.75, 3.05) is 11.4 Å². The minimum absolute atomic E-state index is 0.0537. The van der Waals surface area contributed by atoms with Crippen LogP contribution in [0.15, 0.2) is 30.3 Å². The highest BCUT2D eigenvalue weighted by molar-refractivity contribution is 6.00. The molecule has 1 aromatic carbocycles. The number of nitrogens with zero attached hydrogens (tertiary/aromatic N) is 1. The van der Waals surface area contributed by atoms with Gasteiger partial charge >= 0.3 is 0 Å². The van der Waals surface area contributed by atoms with Crippen molar-refractivity contribution in [2.45, 2.75) is 19.8 Å². The second-order valence-electron chi connectivity index (χ2n) is 4.06. The molecule has 1 aliphatic heterocycles. The van der Waals surface area contributed by atoms with Crippen molar-refractivity contribution in [2.24, 2.45) is 5.92 Å². The Hall–Kier alpha value is -1.64. The summed E-state index contributed by atoms with van der Waals surface area (Å²) in [7, 11) is 0. The predicted octanol–water partition coefficient (Wildman–Crippen LogP) is 2.02. The highest BCUT2D eigenvalue weighted by Gasteiger charge is 2.33. The van der Waals surface area contributed by atoms with E-state index in [1.165, 1.54) is 0 Å². The number of Topliss-reactive ketones (excluding diaryl/α,β-unsaturated/α-hetero) is 1. The topological polar surface area (TPSA) is 37.4 Å². The van der Waals surface area contributed by atoms with Crippen LogP contribution in [0.3, 0.4) is 0 Å². The van der Waals surface area contributed by atoms with Gasteiger partial charge in [-0.15, -0.1) is 0 Å². The fourth-order valence-corrected chi connectivity index (χ4v) is 2.07. The molecule has 0 aromatic heterocycles. The summed E-state index contributed by atoms with van der Waals surface area (Å²) in [6.07, 6.45) is 0.877. The van der Waals surface area contributed by atoms with Gasteiger partial charge in [0.15, 0.2) is 0 Å². The summed E-state index contributed by atoms with van der Waals surface area (Å²) in [5, 5.41) is 0. The Morgan fingerprint density at radius 1 is 1.38 bits per heavy atom. The number of ketones is 1. The van der Waals surface area contributed by atoms with E-state index >= 15 is 0 Å². The molecule has 16 heavy (non-hydrogen) atoms. The van der Waals surface area contributed by atoms with Crippen LogP contribution in [0, 0.1) is 5.92 Å². The van der Waals surface area contributed by atoms with Crippen molar-refractivity contribution in [3.63, 3.8) is 0 Å². The first-order valence-corrected chi connectivity index (χ1v) is 5.60.